The number of aromatic amines is 1. The molecule has 2 aromatic heterocycles. The van der Waals surface area contributed by atoms with Gasteiger partial charge in [0.05, 0.1) is 6.20 Å². The Hall–Kier alpha value is -1.76. The summed E-state index contributed by atoms with van der Waals surface area (Å²) in [5, 5.41) is 14.1. The first-order chi connectivity index (χ1) is 8.33. The zero-order valence-corrected chi connectivity index (χ0v) is 9.33. The third-order valence-electron chi connectivity index (χ3n) is 3.15. The van der Waals surface area contributed by atoms with Gasteiger partial charge in [-0.3, -0.25) is 0 Å². The molecule has 7 heteroatoms. The van der Waals surface area contributed by atoms with Gasteiger partial charge in [0.15, 0.2) is 5.69 Å². The van der Waals surface area contributed by atoms with E-state index in [0.717, 1.165) is 25.7 Å². The van der Waals surface area contributed by atoms with Gasteiger partial charge in [-0.2, -0.15) is 20.4 Å². The molecule has 3 N–H and O–H groups in total. The summed E-state index contributed by atoms with van der Waals surface area (Å²) in [5.41, 5.74) is 6.54. The van der Waals surface area contributed by atoms with Gasteiger partial charge in [-0.15, -0.1) is 0 Å². The lowest BCUT2D eigenvalue weighted by Crippen LogP contribution is -2.26. The molecule has 0 amide bonds. The average molecular weight is 234 g/mol. The molecule has 0 saturated heterocycles. The molecule has 90 valence electrons. The molecular formula is C10H14N6O. The molecule has 2 aromatic rings. The second-order valence-electron chi connectivity index (χ2n) is 4.44. The number of aromatic nitrogens is 5. The lowest BCUT2D eigenvalue weighted by atomic mass is 9.86. The maximum Gasteiger partial charge on any atom is 0.230 e. The molecule has 1 aliphatic carbocycles. The Kier molecular flexibility index (Phi) is 2.60. The smallest absolute Gasteiger partial charge is 0.230 e. The third-order valence-corrected chi connectivity index (χ3v) is 3.15. The maximum absolute atomic E-state index is 5.95. The highest BCUT2D eigenvalue weighted by Gasteiger charge is 2.26. The normalized spacial score (nSPS) is 25.0. The summed E-state index contributed by atoms with van der Waals surface area (Å²) in [5.74, 6) is 1.43. The summed E-state index contributed by atoms with van der Waals surface area (Å²) < 4.78 is 5.28. The first-order valence-electron chi connectivity index (χ1n) is 5.78. The molecule has 0 aliphatic heterocycles. The monoisotopic (exact) mass is 234 g/mol. The van der Waals surface area contributed by atoms with Crippen molar-refractivity contribution in [3.05, 3.63) is 12.1 Å². The fourth-order valence-electron chi connectivity index (χ4n) is 2.27. The van der Waals surface area contributed by atoms with E-state index in [1.165, 1.54) is 0 Å². The number of hydrogen-bond acceptors (Lipinski definition) is 6. The van der Waals surface area contributed by atoms with Gasteiger partial charge >= 0.3 is 0 Å². The lowest BCUT2D eigenvalue weighted by molar-refractivity contribution is 0.299. The first kappa shape index (κ1) is 10.4. The largest absolute Gasteiger partial charge is 0.339 e. The van der Waals surface area contributed by atoms with E-state index in [1.807, 2.05) is 0 Å². The molecule has 0 spiro atoms. The van der Waals surface area contributed by atoms with E-state index in [1.54, 1.807) is 6.20 Å². The van der Waals surface area contributed by atoms with Crippen molar-refractivity contribution in [1.29, 1.82) is 0 Å². The Bertz CT molecular complexity index is 479. The Labute approximate surface area is 97.8 Å². The number of rotatable bonds is 2. The minimum atomic E-state index is 0.246. The molecule has 17 heavy (non-hydrogen) atoms. The maximum atomic E-state index is 5.95. The van der Waals surface area contributed by atoms with Crippen LogP contribution in [0.5, 0.6) is 0 Å². The van der Waals surface area contributed by atoms with Crippen LogP contribution in [0.15, 0.2) is 10.7 Å². The highest BCUT2D eigenvalue weighted by molar-refractivity contribution is 5.44. The van der Waals surface area contributed by atoms with Crippen LogP contribution in [0.3, 0.4) is 0 Å². The van der Waals surface area contributed by atoms with Gasteiger partial charge < -0.3 is 10.3 Å². The van der Waals surface area contributed by atoms with E-state index in [-0.39, 0.29) is 12.0 Å². The predicted molar refractivity (Wildman–Crippen MR) is 58.9 cm³/mol. The van der Waals surface area contributed by atoms with Crippen molar-refractivity contribution in [1.82, 2.24) is 25.6 Å². The van der Waals surface area contributed by atoms with Crippen molar-refractivity contribution >= 4 is 0 Å². The number of nitrogens with two attached hydrogens (primary N) is 1. The SMILES string of the molecule is NC1CCCC(c2nc(-c3cn[nH]n3)no2)C1. The van der Waals surface area contributed by atoms with Gasteiger partial charge in [0.2, 0.25) is 11.7 Å². The Morgan fingerprint density at radius 1 is 1.41 bits per heavy atom. The second kappa shape index (κ2) is 4.25. The van der Waals surface area contributed by atoms with Gasteiger partial charge in [0.25, 0.3) is 0 Å². The first-order valence-corrected chi connectivity index (χ1v) is 5.78. The molecule has 2 unspecified atom stereocenters. The van der Waals surface area contributed by atoms with Crippen molar-refractivity contribution in [2.75, 3.05) is 0 Å². The topological polar surface area (TPSA) is 107 Å². The molecule has 2 atom stereocenters. The third kappa shape index (κ3) is 2.05. The van der Waals surface area contributed by atoms with Crippen LogP contribution in [-0.2, 0) is 0 Å². The van der Waals surface area contributed by atoms with Gasteiger partial charge in [0, 0.05) is 12.0 Å². The van der Waals surface area contributed by atoms with Crippen LogP contribution in [0.1, 0.15) is 37.5 Å². The molecule has 0 radical (unpaired) electrons. The summed E-state index contributed by atoms with van der Waals surface area (Å²) in [4.78, 5) is 4.36. The van der Waals surface area contributed by atoms with E-state index < -0.39 is 0 Å². The Balaban J connectivity index is 1.80. The molecule has 0 aromatic carbocycles. The number of hydrogen-bond donors (Lipinski definition) is 2. The summed E-state index contributed by atoms with van der Waals surface area (Å²) in [6.07, 6.45) is 5.75. The van der Waals surface area contributed by atoms with Gasteiger partial charge in [-0.05, 0) is 19.3 Å². The van der Waals surface area contributed by atoms with Crippen LogP contribution < -0.4 is 5.73 Å². The molecule has 1 aliphatic rings. The van der Waals surface area contributed by atoms with E-state index in [4.69, 9.17) is 10.3 Å². The van der Waals surface area contributed by atoms with Crippen LogP contribution in [0.2, 0.25) is 0 Å². The van der Waals surface area contributed by atoms with Crippen molar-refractivity contribution in [2.24, 2.45) is 5.73 Å². The van der Waals surface area contributed by atoms with Gasteiger partial charge in [-0.25, -0.2) is 0 Å². The van der Waals surface area contributed by atoms with E-state index >= 15 is 0 Å². The zero-order valence-electron chi connectivity index (χ0n) is 9.33. The standard InChI is InChI=1S/C10H14N6O/c11-7-3-1-2-6(4-7)10-13-9(15-17-10)8-5-12-16-14-8/h5-7H,1-4,11H2,(H,12,14,16). The molecule has 0 bridgehead atoms. The summed E-state index contributed by atoms with van der Waals surface area (Å²) in [6, 6.07) is 0.246. The number of nitrogens with zero attached hydrogens (tertiary/aromatic N) is 4. The lowest BCUT2D eigenvalue weighted by Gasteiger charge is -2.23. The van der Waals surface area contributed by atoms with Crippen LogP contribution in [0.25, 0.3) is 11.5 Å². The van der Waals surface area contributed by atoms with Crippen molar-refractivity contribution < 1.29 is 4.52 Å². The number of nitrogens with one attached hydrogen (secondary N) is 1. The zero-order chi connectivity index (χ0) is 11.7. The average Bonchev–Trinajstić information content (AvgIpc) is 3.00. The van der Waals surface area contributed by atoms with Crippen molar-refractivity contribution in [2.45, 2.75) is 37.6 Å². The molecule has 1 saturated carbocycles. The molecule has 2 heterocycles. The van der Waals surface area contributed by atoms with E-state index in [0.29, 0.717) is 17.4 Å². The van der Waals surface area contributed by atoms with E-state index in [9.17, 15) is 0 Å². The number of H-pyrrole nitrogens is 1. The quantitative estimate of drug-likeness (QED) is 0.797. The van der Waals surface area contributed by atoms with E-state index in [2.05, 4.69) is 25.6 Å². The Morgan fingerprint density at radius 3 is 3.12 bits per heavy atom. The minimum absolute atomic E-state index is 0.246. The fourth-order valence-corrected chi connectivity index (χ4v) is 2.27. The van der Waals surface area contributed by atoms with Crippen LogP contribution >= 0.6 is 0 Å². The van der Waals surface area contributed by atoms with Crippen molar-refractivity contribution in [3.63, 3.8) is 0 Å². The summed E-state index contributed by atoms with van der Waals surface area (Å²) in [7, 11) is 0. The Morgan fingerprint density at radius 2 is 2.35 bits per heavy atom. The van der Waals surface area contributed by atoms with Crippen molar-refractivity contribution in [3.8, 4) is 11.5 Å². The van der Waals surface area contributed by atoms with Gasteiger partial charge in [-0.1, -0.05) is 11.6 Å². The highest BCUT2D eigenvalue weighted by atomic mass is 16.5. The fraction of sp³-hybridized carbons (Fsp3) is 0.600. The minimum Gasteiger partial charge on any atom is -0.339 e. The molecule has 3 rings (SSSR count). The predicted octanol–water partition coefficient (Wildman–Crippen LogP) is 0.840. The highest BCUT2D eigenvalue weighted by Crippen LogP contribution is 2.31. The molecule has 7 nitrogen and oxygen atoms in total. The van der Waals surface area contributed by atoms with Gasteiger partial charge in [0.1, 0.15) is 0 Å². The molecular weight excluding hydrogens is 220 g/mol. The van der Waals surface area contributed by atoms with Crippen LogP contribution in [0.4, 0.5) is 0 Å². The summed E-state index contributed by atoms with van der Waals surface area (Å²) in [6.45, 7) is 0. The second-order valence-corrected chi connectivity index (χ2v) is 4.44. The molecule has 1 fully saturated rings. The van der Waals surface area contributed by atoms with Crippen LogP contribution in [0, 0.1) is 0 Å². The van der Waals surface area contributed by atoms with Crippen LogP contribution in [-0.4, -0.2) is 31.6 Å². The summed E-state index contributed by atoms with van der Waals surface area (Å²) >= 11 is 0.